The van der Waals surface area contributed by atoms with Gasteiger partial charge < -0.3 is 10.6 Å². The van der Waals surface area contributed by atoms with Crippen molar-refractivity contribution in [2.24, 2.45) is 5.92 Å². The van der Waals surface area contributed by atoms with Gasteiger partial charge >= 0.3 is 0 Å². The first kappa shape index (κ1) is 17.2. The lowest BCUT2D eigenvalue weighted by Gasteiger charge is -2.16. The Morgan fingerprint density at radius 2 is 1.48 bits per heavy atom. The van der Waals surface area contributed by atoms with Crippen LogP contribution in [0.3, 0.4) is 0 Å². The molecule has 0 aromatic heterocycles. The molecule has 1 aliphatic rings. The fraction of sp³-hybridized carbons (Fsp3) is 0.333. The second-order valence-corrected chi connectivity index (χ2v) is 7.13. The highest BCUT2D eigenvalue weighted by Crippen LogP contribution is 2.48. The molecule has 1 aliphatic carbocycles. The van der Waals surface area contributed by atoms with Gasteiger partial charge in [0, 0.05) is 17.8 Å². The van der Waals surface area contributed by atoms with Crippen LogP contribution >= 0.6 is 0 Å². The first-order valence-corrected chi connectivity index (χ1v) is 8.76. The van der Waals surface area contributed by atoms with Gasteiger partial charge in [0.2, 0.25) is 11.8 Å². The third kappa shape index (κ3) is 4.08. The van der Waals surface area contributed by atoms with Crippen molar-refractivity contribution < 1.29 is 9.59 Å². The summed E-state index contributed by atoms with van der Waals surface area (Å²) in [6, 6.07) is 17.2. The number of carbonyl (C=O) groups excluding carboxylic acids is 2. The molecule has 0 radical (unpaired) electrons. The number of hydrogen-bond donors (Lipinski definition) is 2. The van der Waals surface area contributed by atoms with Crippen molar-refractivity contribution in [2.45, 2.75) is 38.5 Å². The molecule has 2 N–H and O–H groups in total. The average Bonchev–Trinajstić information content (AvgIpc) is 3.38. The number of amides is 2. The SMILES string of the molecule is CC(C)CC(=O)Nc1ccc(NC(=O)C2(c3ccccc3)CC2)cc1. The standard InChI is InChI=1S/C21H24N2O2/c1-15(2)14-19(24)22-17-8-10-18(11-9-17)23-20(25)21(12-13-21)16-6-4-3-5-7-16/h3-11,15H,12-14H2,1-2H3,(H,22,24)(H,23,25). The molecule has 4 heteroatoms. The molecule has 25 heavy (non-hydrogen) atoms. The lowest BCUT2D eigenvalue weighted by molar-refractivity contribution is -0.118. The summed E-state index contributed by atoms with van der Waals surface area (Å²) in [6.07, 6.45) is 2.26. The molecule has 0 spiro atoms. The van der Waals surface area contributed by atoms with Crippen molar-refractivity contribution in [3.8, 4) is 0 Å². The van der Waals surface area contributed by atoms with Crippen molar-refractivity contribution >= 4 is 23.2 Å². The zero-order valence-corrected chi connectivity index (χ0v) is 14.7. The number of carbonyl (C=O) groups is 2. The summed E-state index contributed by atoms with van der Waals surface area (Å²) in [5.74, 6) is 0.370. The van der Waals surface area contributed by atoms with Gasteiger partial charge in [0.05, 0.1) is 5.41 Å². The molecular formula is C21H24N2O2. The molecule has 0 unspecified atom stereocenters. The summed E-state index contributed by atoms with van der Waals surface area (Å²) >= 11 is 0. The van der Waals surface area contributed by atoms with E-state index in [0.717, 1.165) is 29.8 Å². The molecule has 2 aromatic rings. The highest BCUT2D eigenvalue weighted by atomic mass is 16.2. The normalized spacial score (nSPS) is 14.8. The van der Waals surface area contributed by atoms with Crippen LogP contribution in [0.4, 0.5) is 11.4 Å². The van der Waals surface area contributed by atoms with Crippen molar-refractivity contribution in [1.82, 2.24) is 0 Å². The molecule has 1 saturated carbocycles. The second-order valence-electron chi connectivity index (χ2n) is 7.13. The smallest absolute Gasteiger partial charge is 0.235 e. The molecule has 2 aromatic carbocycles. The van der Waals surface area contributed by atoms with Gasteiger partial charge in [-0.3, -0.25) is 9.59 Å². The Hall–Kier alpha value is -2.62. The number of hydrogen-bond acceptors (Lipinski definition) is 2. The molecule has 3 rings (SSSR count). The largest absolute Gasteiger partial charge is 0.326 e. The Kier molecular flexibility index (Phi) is 4.88. The summed E-state index contributed by atoms with van der Waals surface area (Å²) in [6.45, 7) is 4.03. The van der Waals surface area contributed by atoms with Crippen LogP contribution in [-0.2, 0) is 15.0 Å². The van der Waals surface area contributed by atoms with E-state index in [9.17, 15) is 9.59 Å². The van der Waals surface area contributed by atoms with Crippen LogP contribution in [0.15, 0.2) is 54.6 Å². The van der Waals surface area contributed by atoms with Gasteiger partial charge in [-0.1, -0.05) is 44.2 Å². The summed E-state index contributed by atoms with van der Waals surface area (Å²) in [4.78, 5) is 24.5. The Bertz CT molecular complexity index is 747. The van der Waals surface area contributed by atoms with Crippen LogP contribution in [0.2, 0.25) is 0 Å². The van der Waals surface area contributed by atoms with Gasteiger partial charge in [-0.05, 0) is 48.6 Å². The average molecular weight is 336 g/mol. The molecule has 0 atom stereocenters. The maximum atomic E-state index is 12.7. The van der Waals surface area contributed by atoms with E-state index in [1.807, 2.05) is 68.4 Å². The molecule has 2 amide bonds. The molecule has 4 nitrogen and oxygen atoms in total. The van der Waals surface area contributed by atoms with Crippen LogP contribution in [0.25, 0.3) is 0 Å². The van der Waals surface area contributed by atoms with Crippen LogP contribution in [0.1, 0.15) is 38.7 Å². The fourth-order valence-corrected chi connectivity index (χ4v) is 3.00. The molecular weight excluding hydrogens is 312 g/mol. The summed E-state index contributed by atoms with van der Waals surface area (Å²) in [7, 11) is 0. The van der Waals surface area contributed by atoms with E-state index in [2.05, 4.69) is 10.6 Å². The topological polar surface area (TPSA) is 58.2 Å². The van der Waals surface area contributed by atoms with Gasteiger partial charge in [-0.25, -0.2) is 0 Å². The molecule has 0 aliphatic heterocycles. The van der Waals surface area contributed by atoms with E-state index in [4.69, 9.17) is 0 Å². The third-order valence-corrected chi connectivity index (χ3v) is 4.53. The lowest BCUT2D eigenvalue weighted by Crippen LogP contribution is -2.27. The molecule has 1 fully saturated rings. The van der Waals surface area contributed by atoms with Gasteiger partial charge in [-0.15, -0.1) is 0 Å². The van der Waals surface area contributed by atoms with Crippen LogP contribution < -0.4 is 10.6 Å². The highest BCUT2D eigenvalue weighted by molar-refractivity contribution is 6.01. The first-order chi connectivity index (χ1) is 12.0. The quantitative estimate of drug-likeness (QED) is 0.824. The summed E-state index contributed by atoms with van der Waals surface area (Å²) in [5, 5.41) is 5.87. The van der Waals surface area contributed by atoms with Crippen molar-refractivity contribution in [3.63, 3.8) is 0 Å². The van der Waals surface area contributed by atoms with E-state index in [0.29, 0.717) is 12.3 Å². The fourth-order valence-electron chi connectivity index (χ4n) is 3.00. The Labute approximate surface area is 148 Å². The van der Waals surface area contributed by atoms with E-state index in [-0.39, 0.29) is 17.2 Å². The van der Waals surface area contributed by atoms with Gasteiger partial charge in [0.15, 0.2) is 0 Å². The van der Waals surface area contributed by atoms with Gasteiger partial charge in [0.1, 0.15) is 0 Å². The monoisotopic (exact) mass is 336 g/mol. The lowest BCUT2D eigenvalue weighted by atomic mass is 9.95. The van der Waals surface area contributed by atoms with E-state index >= 15 is 0 Å². The number of anilines is 2. The number of benzene rings is 2. The minimum Gasteiger partial charge on any atom is -0.326 e. The van der Waals surface area contributed by atoms with Crippen molar-refractivity contribution in [3.05, 3.63) is 60.2 Å². The molecule has 130 valence electrons. The molecule has 0 bridgehead atoms. The van der Waals surface area contributed by atoms with E-state index in [1.54, 1.807) is 0 Å². The maximum Gasteiger partial charge on any atom is 0.235 e. The Morgan fingerprint density at radius 1 is 0.920 bits per heavy atom. The highest BCUT2D eigenvalue weighted by Gasteiger charge is 2.51. The maximum absolute atomic E-state index is 12.7. The van der Waals surface area contributed by atoms with Crippen molar-refractivity contribution in [2.75, 3.05) is 10.6 Å². The minimum atomic E-state index is -0.384. The number of rotatable bonds is 6. The summed E-state index contributed by atoms with van der Waals surface area (Å²) < 4.78 is 0. The van der Waals surface area contributed by atoms with Crippen LogP contribution in [-0.4, -0.2) is 11.8 Å². The van der Waals surface area contributed by atoms with Gasteiger partial charge in [0.25, 0.3) is 0 Å². The Morgan fingerprint density at radius 3 is 2.00 bits per heavy atom. The Balaban J connectivity index is 1.62. The first-order valence-electron chi connectivity index (χ1n) is 8.76. The van der Waals surface area contributed by atoms with Crippen molar-refractivity contribution in [1.29, 1.82) is 0 Å². The minimum absolute atomic E-state index is 0.00722. The van der Waals surface area contributed by atoms with Crippen LogP contribution in [0, 0.1) is 5.92 Å². The molecule has 0 saturated heterocycles. The summed E-state index contributed by atoms with van der Waals surface area (Å²) in [5.41, 5.74) is 2.18. The predicted octanol–water partition coefficient (Wildman–Crippen LogP) is 4.34. The van der Waals surface area contributed by atoms with E-state index < -0.39 is 0 Å². The van der Waals surface area contributed by atoms with E-state index in [1.165, 1.54) is 0 Å². The molecule has 0 heterocycles. The zero-order valence-electron chi connectivity index (χ0n) is 14.7. The van der Waals surface area contributed by atoms with Crippen LogP contribution in [0.5, 0.6) is 0 Å². The van der Waals surface area contributed by atoms with Gasteiger partial charge in [-0.2, -0.15) is 0 Å². The predicted molar refractivity (Wildman–Crippen MR) is 101 cm³/mol. The third-order valence-electron chi connectivity index (χ3n) is 4.53. The zero-order chi connectivity index (χ0) is 17.9. The second kappa shape index (κ2) is 7.09. The number of nitrogens with one attached hydrogen (secondary N) is 2.